The van der Waals surface area contributed by atoms with Gasteiger partial charge in [0, 0.05) is 23.4 Å². The number of non-ortho nitro benzene ring substituents is 1. The van der Waals surface area contributed by atoms with Gasteiger partial charge in [-0.15, -0.1) is 0 Å². The Morgan fingerprint density at radius 3 is 2.04 bits per heavy atom. The Bertz CT molecular complexity index is 976. The van der Waals surface area contributed by atoms with Gasteiger partial charge in [0.2, 0.25) is 13.8 Å². The second-order valence-electron chi connectivity index (χ2n) is 5.47. The maximum atomic E-state index is 12.4. The van der Waals surface area contributed by atoms with E-state index >= 15 is 0 Å². The van der Waals surface area contributed by atoms with Gasteiger partial charge < -0.3 is 10.6 Å². The van der Waals surface area contributed by atoms with Crippen LogP contribution in [0.4, 0.5) is 11.4 Å². The van der Waals surface area contributed by atoms with Gasteiger partial charge in [0.25, 0.3) is 11.6 Å². The third-order valence-corrected chi connectivity index (χ3v) is 5.02. The van der Waals surface area contributed by atoms with Crippen molar-refractivity contribution in [3.8, 4) is 0 Å². The number of alkyl halides is 3. The van der Waals surface area contributed by atoms with E-state index in [9.17, 15) is 23.3 Å². The van der Waals surface area contributed by atoms with Gasteiger partial charge in [-0.2, -0.15) is 0 Å². The van der Waals surface area contributed by atoms with Crippen LogP contribution in [0, 0.1) is 10.1 Å². The molecule has 0 radical (unpaired) electrons. The minimum absolute atomic E-state index is 0.108. The molecule has 0 saturated heterocycles. The van der Waals surface area contributed by atoms with E-state index in [1.54, 1.807) is 0 Å². The Hall–Kier alpha value is -2.11. The molecule has 4 N–H and O–H groups in total. The number of carbonyl (C=O) groups excluding carboxylic acids is 1. The van der Waals surface area contributed by atoms with E-state index in [0.717, 1.165) is 0 Å². The lowest BCUT2D eigenvalue weighted by Crippen LogP contribution is -2.49. The van der Waals surface area contributed by atoms with Crippen molar-refractivity contribution in [2.45, 2.75) is 14.9 Å². The minimum Gasteiger partial charge on any atom is -0.362 e. The molecule has 0 unspecified atom stereocenters. The van der Waals surface area contributed by atoms with Crippen LogP contribution in [0.1, 0.15) is 10.4 Å². The highest BCUT2D eigenvalue weighted by Gasteiger charge is 2.34. The maximum Gasteiger partial charge on any atom is 0.269 e. The van der Waals surface area contributed by atoms with E-state index in [-0.39, 0.29) is 16.1 Å². The van der Waals surface area contributed by atoms with Crippen LogP contribution in [0.15, 0.2) is 53.4 Å². The third kappa shape index (κ3) is 5.94. The molecule has 0 aliphatic rings. The highest BCUT2D eigenvalue weighted by atomic mass is 35.6. The summed E-state index contributed by atoms with van der Waals surface area (Å²) >= 11 is 17.7. The number of rotatable bonds is 6. The van der Waals surface area contributed by atoms with Crippen molar-refractivity contribution < 1.29 is 18.1 Å². The van der Waals surface area contributed by atoms with Crippen LogP contribution in [0.3, 0.4) is 0 Å². The summed E-state index contributed by atoms with van der Waals surface area (Å²) in [6, 6.07) is 10.1. The van der Waals surface area contributed by atoms with Gasteiger partial charge >= 0.3 is 0 Å². The fourth-order valence-electron chi connectivity index (χ4n) is 2.06. The molecule has 2 aromatic rings. The highest BCUT2D eigenvalue weighted by Crippen LogP contribution is 2.31. The van der Waals surface area contributed by atoms with E-state index in [4.69, 9.17) is 39.9 Å². The molecule has 13 heteroatoms. The summed E-state index contributed by atoms with van der Waals surface area (Å²) in [5, 5.41) is 20.9. The van der Waals surface area contributed by atoms with Gasteiger partial charge in [0.05, 0.1) is 9.82 Å². The summed E-state index contributed by atoms with van der Waals surface area (Å²) in [7, 11) is -3.86. The topological polar surface area (TPSA) is 144 Å². The number of halogens is 3. The van der Waals surface area contributed by atoms with Gasteiger partial charge in [-0.3, -0.25) is 14.9 Å². The number of amides is 1. The number of primary sulfonamides is 1. The fraction of sp³-hybridized carbons (Fsp3) is 0.133. The molecule has 0 bridgehead atoms. The molecule has 2 aromatic carbocycles. The highest BCUT2D eigenvalue weighted by molar-refractivity contribution is 7.89. The molecule has 0 saturated carbocycles. The lowest BCUT2D eigenvalue weighted by molar-refractivity contribution is -0.384. The first-order valence-electron chi connectivity index (χ1n) is 7.39. The Morgan fingerprint density at radius 1 is 1.07 bits per heavy atom. The first-order valence-corrected chi connectivity index (χ1v) is 10.1. The van der Waals surface area contributed by atoms with Crippen molar-refractivity contribution in [3.05, 3.63) is 64.2 Å². The molecule has 0 aromatic heterocycles. The summed E-state index contributed by atoms with van der Waals surface area (Å²) in [5.41, 5.74) is 0.270. The number of nitro benzene ring substituents is 1. The largest absolute Gasteiger partial charge is 0.362 e. The molecular weight excluding hydrogens is 455 g/mol. The number of anilines is 1. The summed E-state index contributed by atoms with van der Waals surface area (Å²) in [6.07, 6.45) is -1.21. The quantitative estimate of drug-likeness (QED) is 0.258. The Morgan fingerprint density at radius 2 is 1.61 bits per heavy atom. The van der Waals surface area contributed by atoms with Gasteiger partial charge in [0.15, 0.2) is 0 Å². The Kier molecular flexibility index (Phi) is 6.73. The third-order valence-electron chi connectivity index (χ3n) is 3.44. The minimum atomic E-state index is -3.86. The Balaban J connectivity index is 2.17. The van der Waals surface area contributed by atoms with Crippen molar-refractivity contribution in [1.29, 1.82) is 0 Å². The normalized spacial score (nSPS) is 12.9. The van der Waals surface area contributed by atoms with Crippen LogP contribution in [0.2, 0.25) is 0 Å². The van der Waals surface area contributed by atoms with Gasteiger partial charge in [-0.1, -0.05) is 34.8 Å². The summed E-state index contributed by atoms with van der Waals surface area (Å²) in [6.45, 7) is 0. The van der Waals surface area contributed by atoms with E-state index in [1.165, 1.54) is 48.5 Å². The molecule has 150 valence electrons. The van der Waals surface area contributed by atoms with Crippen LogP contribution in [0.25, 0.3) is 0 Å². The lowest BCUT2D eigenvalue weighted by Gasteiger charge is -2.27. The van der Waals surface area contributed by atoms with Crippen molar-refractivity contribution in [2.24, 2.45) is 5.14 Å². The molecule has 9 nitrogen and oxygen atoms in total. The average molecular weight is 468 g/mol. The Labute approximate surface area is 175 Å². The van der Waals surface area contributed by atoms with E-state index < -0.39 is 30.8 Å². The standard InChI is InChI=1S/C15H13Cl3N4O5S/c16-15(17,18)14(20-10-3-7-12(8-4-10)28(19,26)27)21-13(23)9-1-5-11(6-2-9)22(24)25/h1-8,14,20H,(H,21,23)(H2,19,26,27)/t14-/m0/s1. The molecule has 0 aliphatic heterocycles. The number of sulfonamides is 1. The fourth-order valence-corrected chi connectivity index (χ4v) is 2.90. The zero-order chi connectivity index (χ0) is 21.1. The van der Waals surface area contributed by atoms with Crippen molar-refractivity contribution in [3.63, 3.8) is 0 Å². The van der Waals surface area contributed by atoms with E-state index in [0.29, 0.717) is 5.69 Å². The number of nitrogens with two attached hydrogens (primary N) is 1. The monoisotopic (exact) mass is 466 g/mol. The lowest BCUT2D eigenvalue weighted by atomic mass is 10.2. The smallest absolute Gasteiger partial charge is 0.269 e. The number of nitrogens with zero attached hydrogens (tertiary/aromatic N) is 1. The molecule has 28 heavy (non-hydrogen) atoms. The second-order valence-corrected chi connectivity index (χ2v) is 9.40. The first-order chi connectivity index (χ1) is 12.9. The summed E-state index contributed by atoms with van der Waals surface area (Å²) in [5.74, 6) is -0.653. The zero-order valence-corrected chi connectivity index (χ0v) is 16.9. The van der Waals surface area contributed by atoms with Crippen LogP contribution < -0.4 is 15.8 Å². The predicted molar refractivity (Wildman–Crippen MR) is 106 cm³/mol. The molecule has 0 spiro atoms. The van der Waals surface area contributed by atoms with E-state index in [2.05, 4.69) is 10.6 Å². The number of hydrogen-bond acceptors (Lipinski definition) is 6. The second kappa shape index (κ2) is 8.50. The van der Waals surface area contributed by atoms with E-state index in [1.807, 2.05) is 0 Å². The summed E-state index contributed by atoms with van der Waals surface area (Å²) < 4.78 is 20.6. The molecule has 2 rings (SSSR count). The van der Waals surface area contributed by atoms with Crippen LogP contribution in [0.5, 0.6) is 0 Å². The van der Waals surface area contributed by atoms with Crippen LogP contribution in [-0.2, 0) is 10.0 Å². The summed E-state index contributed by atoms with van der Waals surface area (Å²) in [4.78, 5) is 22.3. The number of carbonyl (C=O) groups is 1. The van der Waals surface area contributed by atoms with Crippen molar-refractivity contribution >= 4 is 62.1 Å². The molecular formula is C15H13Cl3N4O5S. The number of nitrogens with one attached hydrogen (secondary N) is 2. The van der Waals surface area contributed by atoms with Gasteiger partial charge in [-0.25, -0.2) is 13.6 Å². The molecule has 1 amide bonds. The van der Waals surface area contributed by atoms with Gasteiger partial charge in [-0.05, 0) is 36.4 Å². The first kappa shape index (κ1) is 22.2. The number of hydrogen-bond donors (Lipinski definition) is 3. The number of nitro groups is 1. The maximum absolute atomic E-state index is 12.4. The SMILES string of the molecule is NS(=O)(=O)c1ccc(N[C@@H](NC(=O)c2ccc([N+](=O)[O-])cc2)C(Cl)(Cl)Cl)cc1. The van der Waals surface area contributed by atoms with Crippen molar-refractivity contribution in [1.82, 2.24) is 5.32 Å². The van der Waals surface area contributed by atoms with Crippen LogP contribution >= 0.6 is 34.8 Å². The van der Waals surface area contributed by atoms with Crippen molar-refractivity contribution in [2.75, 3.05) is 5.32 Å². The zero-order valence-electron chi connectivity index (χ0n) is 13.8. The predicted octanol–water partition coefficient (Wildman–Crippen LogP) is 2.78. The van der Waals surface area contributed by atoms with Crippen LogP contribution in [-0.4, -0.2) is 29.2 Å². The molecule has 0 heterocycles. The molecule has 0 fully saturated rings. The average Bonchev–Trinajstić information content (AvgIpc) is 2.60. The van der Waals surface area contributed by atoms with Gasteiger partial charge in [0.1, 0.15) is 6.17 Å². The number of benzene rings is 2. The molecule has 0 aliphatic carbocycles. The molecule has 1 atom stereocenters.